The largest absolute Gasteiger partial charge is 0.458 e. The predicted molar refractivity (Wildman–Crippen MR) is 125 cm³/mol. The summed E-state index contributed by atoms with van der Waals surface area (Å²) in [6.07, 6.45) is 5.72. The fourth-order valence-electron chi connectivity index (χ4n) is 6.87. The molecule has 192 valence electrons. The first-order valence-electron chi connectivity index (χ1n) is 11.5. The lowest BCUT2D eigenvalue weighted by molar-refractivity contribution is -0.176. The van der Waals surface area contributed by atoms with E-state index in [9.17, 15) is 33.0 Å². The van der Waals surface area contributed by atoms with Gasteiger partial charge < -0.3 is 14.9 Å². The minimum atomic E-state index is -4.36. The van der Waals surface area contributed by atoms with Gasteiger partial charge in [-0.05, 0) is 48.8 Å². The van der Waals surface area contributed by atoms with Crippen molar-refractivity contribution in [2.45, 2.75) is 51.2 Å². The highest BCUT2D eigenvalue weighted by atomic mass is 35.5. The Morgan fingerprint density at radius 1 is 1.29 bits per heavy atom. The summed E-state index contributed by atoms with van der Waals surface area (Å²) in [5.41, 5.74) is -2.94. The van der Waals surface area contributed by atoms with Crippen molar-refractivity contribution in [1.29, 1.82) is 0 Å². The van der Waals surface area contributed by atoms with E-state index >= 15 is 0 Å². The number of esters is 1. The number of Topliss-reactive ketones (excluding diaryl/α,β-unsaturated/α-hetero) is 1. The molecule has 4 aliphatic rings. The average Bonchev–Trinajstić information content (AvgIpc) is 3.02. The van der Waals surface area contributed by atoms with Crippen molar-refractivity contribution >= 4 is 39.3 Å². The number of ketones is 2. The Hall–Kier alpha value is -1.85. The molecule has 9 nitrogen and oxygen atoms in total. The normalized spacial score (nSPS) is 40.2. The molecule has 0 radical (unpaired) electrons. The number of ether oxygens (including phenoxy) is 1. The van der Waals surface area contributed by atoms with Crippen LogP contribution < -0.4 is 0 Å². The van der Waals surface area contributed by atoms with E-state index in [1.165, 1.54) is 12.2 Å². The number of allylic oxidation sites excluding steroid dienone is 6. The lowest BCUT2D eigenvalue weighted by Gasteiger charge is -2.58. The molecule has 0 unspecified atom stereocenters. The molecule has 2 fully saturated rings. The number of aliphatic hydroxyl groups excluding tert-OH is 1. The molecule has 0 amide bonds. The SMILES string of the molecule is C[C@]12C=CC(=O)C=C1C(Cl)=C[C@@H]1[C@@H]2[C@@H](O)C[C@@]2(C)[C@H]1CC[C@]2(O)C(=O)COC(=O)CCS(=O)(=O)O. The van der Waals surface area contributed by atoms with E-state index in [4.69, 9.17) is 20.9 Å². The second-order valence-corrected chi connectivity index (χ2v) is 12.5. The number of halogens is 1. The van der Waals surface area contributed by atoms with Crippen molar-refractivity contribution in [1.82, 2.24) is 0 Å². The highest BCUT2D eigenvalue weighted by Crippen LogP contribution is 2.66. The number of carbonyl (C=O) groups is 3. The van der Waals surface area contributed by atoms with E-state index in [1.807, 2.05) is 13.0 Å². The third kappa shape index (κ3) is 4.23. The number of hydrogen-bond donors (Lipinski definition) is 3. The molecule has 4 aliphatic carbocycles. The van der Waals surface area contributed by atoms with Gasteiger partial charge in [-0.3, -0.25) is 18.9 Å². The van der Waals surface area contributed by atoms with E-state index in [1.54, 1.807) is 13.0 Å². The van der Waals surface area contributed by atoms with E-state index < -0.39 is 63.2 Å². The number of fused-ring (bicyclic) bond motifs is 5. The maximum absolute atomic E-state index is 13.1. The first-order chi connectivity index (χ1) is 16.1. The zero-order chi connectivity index (χ0) is 26.0. The van der Waals surface area contributed by atoms with E-state index in [0.29, 0.717) is 17.0 Å². The quantitative estimate of drug-likeness (QED) is 0.345. The number of aliphatic hydroxyl groups is 2. The third-order valence-electron chi connectivity index (χ3n) is 8.65. The van der Waals surface area contributed by atoms with E-state index in [0.717, 1.165) is 0 Å². The van der Waals surface area contributed by atoms with Crippen LogP contribution in [0.2, 0.25) is 0 Å². The molecule has 3 N–H and O–H groups in total. The van der Waals surface area contributed by atoms with Gasteiger partial charge in [-0.15, -0.1) is 0 Å². The number of rotatable bonds is 6. The molecule has 35 heavy (non-hydrogen) atoms. The van der Waals surface area contributed by atoms with Crippen molar-refractivity contribution in [2.24, 2.45) is 28.6 Å². The van der Waals surface area contributed by atoms with Crippen molar-refractivity contribution in [3.63, 3.8) is 0 Å². The fourth-order valence-corrected chi connectivity index (χ4v) is 7.70. The lowest BCUT2D eigenvalue weighted by Crippen LogP contribution is -2.61. The van der Waals surface area contributed by atoms with Crippen LogP contribution in [-0.4, -0.2) is 64.8 Å². The Morgan fingerprint density at radius 2 is 1.97 bits per heavy atom. The Labute approximate surface area is 208 Å². The van der Waals surface area contributed by atoms with Crippen LogP contribution in [0.4, 0.5) is 0 Å². The summed E-state index contributed by atoms with van der Waals surface area (Å²) >= 11 is 6.61. The first-order valence-corrected chi connectivity index (χ1v) is 13.5. The summed E-state index contributed by atoms with van der Waals surface area (Å²) in [4.78, 5) is 36.9. The standard InChI is InChI=1S/C24H29ClO9S/c1-22-6-3-13(26)9-16(22)17(25)10-14-15-4-7-24(30,23(15,2)11-18(27)21(14)22)19(28)12-34-20(29)5-8-35(31,32)33/h3,6,9-10,14-15,18,21,27,30H,4-5,7-8,11-12H2,1-2H3,(H,31,32,33)/t14-,15-,18-,21+,22-,23-,24-/m0/s1. The summed E-state index contributed by atoms with van der Waals surface area (Å²) < 4.78 is 35.3. The Bertz CT molecular complexity index is 1170. The van der Waals surface area contributed by atoms with Gasteiger partial charge >= 0.3 is 5.97 Å². The van der Waals surface area contributed by atoms with Gasteiger partial charge in [-0.1, -0.05) is 37.6 Å². The average molecular weight is 529 g/mol. The van der Waals surface area contributed by atoms with E-state index in [2.05, 4.69) is 0 Å². The molecular formula is C24H29ClO9S. The van der Waals surface area contributed by atoms with Gasteiger partial charge in [-0.2, -0.15) is 8.42 Å². The Morgan fingerprint density at radius 3 is 2.63 bits per heavy atom. The number of carbonyl (C=O) groups excluding carboxylic acids is 3. The highest BCUT2D eigenvalue weighted by Gasteiger charge is 2.68. The first kappa shape index (κ1) is 26.2. The Balaban J connectivity index is 1.58. The van der Waals surface area contributed by atoms with Crippen LogP contribution >= 0.6 is 11.6 Å². The minimum Gasteiger partial charge on any atom is -0.458 e. The van der Waals surface area contributed by atoms with Crippen molar-refractivity contribution in [3.05, 3.63) is 34.9 Å². The summed E-state index contributed by atoms with van der Waals surface area (Å²) in [6, 6.07) is 0. The van der Waals surface area contributed by atoms with Crippen LogP contribution in [-0.2, 0) is 29.2 Å². The third-order valence-corrected chi connectivity index (χ3v) is 9.70. The van der Waals surface area contributed by atoms with Crippen LogP contribution in [0.25, 0.3) is 0 Å². The minimum absolute atomic E-state index is 0.102. The van der Waals surface area contributed by atoms with Crippen molar-refractivity contribution in [2.75, 3.05) is 12.4 Å². The van der Waals surface area contributed by atoms with Gasteiger partial charge in [0.15, 0.2) is 12.4 Å². The molecule has 0 aromatic carbocycles. The van der Waals surface area contributed by atoms with Gasteiger partial charge in [-0.25, -0.2) is 0 Å². The molecule has 0 saturated heterocycles. The molecular weight excluding hydrogens is 500 g/mol. The molecule has 0 bridgehead atoms. The van der Waals surface area contributed by atoms with Crippen LogP contribution in [0.1, 0.15) is 39.5 Å². The zero-order valence-electron chi connectivity index (χ0n) is 19.4. The maximum Gasteiger partial charge on any atom is 0.307 e. The molecule has 2 saturated carbocycles. The van der Waals surface area contributed by atoms with Crippen LogP contribution in [0.15, 0.2) is 34.9 Å². The van der Waals surface area contributed by atoms with Crippen LogP contribution in [0.5, 0.6) is 0 Å². The summed E-state index contributed by atoms with van der Waals surface area (Å²) in [7, 11) is -4.36. The number of hydrogen-bond acceptors (Lipinski definition) is 8. The second-order valence-electron chi connectivity index (χ2n) is 10.5. The summed E-state index contributed by atoms with van der Waals surface area (Å²) in [5, 5.41) is 23.3. The summed E-state index contributed by atoms with van der Waals surface area (Å²) in [5.74, 6) is -3.51. The zero-order valence-corrected chi connectivity index (χ0v) is 21.0. The van der Waals surface area contributed by atoms with E-state index in [-0.39, 0.29) is 36.4 Å². The molecule has 11 heteroatoms. The topological polar surface area (TPSA) is 155 Å². The molecule has 0 aliphatic heterocycles. The van der Waals surface area contributed by atoms with Gasteiger partial charge in [0, 0.05) is 21.8 Å². The molecule has 0 aromatic heterocycles. The van der Waals surface area contributed by atoms with Gasteiger partial charge in [0.2, 0.25) is 5.78 Å². The molecule has 0 heterocycles. The van der Waals surface area contributed by atoms with Crippen LogP contribution in [0.3, 0.4) is 0 Å². The van der Waals surface area contributed by atoms with Gasteiger partial charge in [0.05, 0.1) is 18.3 Å². The molecule has 4 rings (SSSR count). The van der Waals surface area contributed by atoms with Crippen LogP contribution in [0, 0.1) is 28.6 Å². The predicted octanol–water partition coefficient (Wildman–Crippen LogP) is 1.73. The Kier molecular flexibility index (Phi) is 6.46. The lowest BCUT2D eigenvalue weighted by atomic mass is 9.48. The van der Waals surface area contributed by atoms with Crippen molar-refractivity contribution in [3.8, 4) is 0 Å². The molecule has 7 atom stereocenters. The van der Waals surface area contributed by atoms with Gasteiger partial charge in [0.1, 0.15) is 5.60 Å². The highest BCUT2D eigenvalue weighted by molar-refractivity contribution is 7.85. The van der Waals surface area contributed by atoms with Crippen molar-refractivity contribution < 1.29 is 42.3 Å². The second kappa shape index (κ2) is 8.62. The summed E-state index contributed by atoms with van der Waals surface area (Å²) in [6.45, 7) is 2.93. The molecule has 0 spiro atoms. The smallest absolute Gasteiger partial charge is 0.307 e. The maximum atomic E-state index is 13.1. The monoisotopic (exact) mass is 528 g/mol. The fraction of sp³-hybridized carbons (Fsp3) is 0.625. The molecule has 0 aromatic rings. The van der Waals surface area contributed by atoms with Gasteiger partial charge in [0.25, 0.3) is 10.1 Å².